The fourth-order valence-corrected chi connectivity index (χ4v) is 4.68. The lowest BCUT2D eigenvalue weighted by Crippen LogP contribution is -2.41. The Labute approximate surface area is 189 Å². The fourth-order valence-electron chi connectivity index (χ4n) is 3.26. The van der Waals surface area contributed by atoms with Crippen molar-refractivity contribution in [1.82, 2.24) is 5.32 Å². The summed E-state index contributed by atoms with van der Waals surface area (Å²) in [5.41, 5.74) is 3.40. The molecule has 1 atom stereocenters. The van der Waals surface area contributed by atoms with Crippen LogP contribution in [0, 0.1) is 13.8 Å². The van der Waals surface area contributed by atoms with Gasteiger partial charge in [-0.15, -0.1) is 0 Å². The second-order valence-electron chi connectivity index (χ2n) is 7.72. The summed E-state index contributed by atoms with van der Waals surface area (Å²) in [7, 11) is -2.42. The van der Waals surface area contributed by atoms with Crippen molar-refractivity contribution in [3.63, 3.8) is 0 Å². The lowest BCUT2D eigenvalue weighted by atomic mass is 10.1. The van der Waals surface area contributed by atoms with Crippen LogP contribution in [-0.4, -0.2) is 28.0 Å². The maximum Gasteiger partial charge on any atom is 0.264 e. The summed E-state index contributed by atoms with van der Waals surface area (Å²) in [6.45, 7) is 5.40. The van der Waals surface area contributed by atoms with Gasteiger partial charge in [0, 0.05) is 0 Å². The first-order valence-electron chi connectivity index (χ1n) is 10.3. The van der Waals surface area contributed by atoms with Crippen molar-refractivity contribution in [3.8, 4) is 5.75 Å². The van der Waals surface area contributed by atoms with Gasteiger partial charge in [-0.05, 0) is 62.7 Å². The molecule has 0 fully saturated rings. The molecule has 32 heavy (non-hydrogen) atoms. The lowest BCUT2D eigenvalue weighted by molar-refractivity contribution is -0.120. The molecule has 3 aromatic carbocycles. The molecule has 0 saturated carbocycles. The zero-order valence-electron chi connectivity index (χ0n) is 18.7. The fraction of sp³-hybridized carbons (Fsp3) is 0.240. The maximum absolute atomic E-state index is 13.4. The van der Waals surface area contributed by atoms with Crippen LogP contribution >= 0.6 is 0 Å². The average molecular weight is 453 g/mol. The Hall–Kier alpha value is -3.32. The Morgan fingerprint density at radius 3 is 1.97 bits per heavy atom. The zero-order chi connectivity index (χ0) is 23.3. The van der Waals surface area contributed by atoms with Crippen LogP contribution in [0.5, 0.6) is 5.75 Å². The van der Waals surface area contributed by atoms with E-state index in [4.69, 9.17) is 4.74 Å². The topological polar surface area (TPSA) is 75.7 Å². The van der Waals surface area contributed by atoms with Gasteiger partial charge in [-0.3, -0.25) is 9.10 Å². The number of aryl methyl sites for hydroxylation is 2. The molecule has 3 aromatic rings. The molecule has 1 amide bonds. The number of anilines is 1. The number of hydrogen-bond donors (Lipinski definition) is 1. The summed E-state index contributed by atoms with van der Waals surface area (Å²) < 4.78 is 33.2. The van der Waals surface area contributed by atoms with Crippen LogP contribution in [0.2, 0.25) is 0 Å². The zero-order valence-corrected chi connectivity index (χ0v) is 19.5. The Kier molecular flexibility index (Phi) is 7.20. The average Bonchev–Trinajstić information content (AvgIpc) is 2.78. The van der Waals surface area contributed by atoms with Crippen LogP contribution in [0.25, 0.3) is 0 Å². The van der Waals surface area contributed by atoms with E-state index in [-0.39, 0.29) is 17.5 Å². The Bertz CT molecular complexity index is 1160. The SMILES string of the molecule is COc1ccc(N(CC(=O)N[C@H](C)c2ccc(C)cc2)S(=O)(=O)c2ccc(C)cc2)cc1. The van der Waals surface area contributed by atoms with Crippen molar-refractivity contribution >= 4 is 21.6 Å². The summed E-state index contributed by atoms with van der Waals surface area (Å²) in [6, 6.07) is 20.7. The largest absolute Gasteiger partial charge is 0.497 e. The molecular weight excluding hydrogens is 424 g/mol. The highest BCUT2D eigenvalue weighted by atomic mass is 32.2. The molecule has 0 heterocycles. The molecule has 0 unspecified atom stereocenters. The van der Waals surface area contributed by atoms with Crippen LogP contribution in [0.15, 0.2) is 77.7 Å². The van der Waals surface area contributed by atoms with Crippen LogP contribution in [0.3, 0.4) is 0 Å². The molecule has 0 aromatic heterocycles. The predicted molar refractivity (Wildman–Crippen MR) is 126 cm³/mol. The first-order valence-corrected chi connectivity index (χ1v) is 11.7. The van der Waals surface area contributed by atoms with Crippen LogP contribution < -0.4 is 14.4 Å². The van der Waals surface area contributed by atoms with Gasteiger partial charge >= 0.3 is 0 Å². The first kappa shape index (κ1) is 23.3. The highest BCUT2D eigenvalue weighted by Crippen LogP contribution is 2.26. The maximum atomic E-state index is 13.4. The lowest BCUT2D eigenvalue weighted by Gasteiger charge is -2.25. The van der Waals surface area contributed by atoms with E-state index in [1.165, 1.54) is 7.11 Å². The monoisotopic (exact) mass is 452 g/mol. The van der Waals surface area contributed by atoms with Gasteiger partial charge in [0.25, 0.3) is 10.0 Å². The third kappa shape index (κ3) is 5.48. The van der Waals surface area contributed by atoms with Crippen LogP contribution in [-0.2, 0) is 14.8 Å². The number of nitrogens with one attached hydrogen (secondary N) is 1. The van der Waals surface area contributed by atoms with Gasteiger partial charge in [0.15, 0.2) is 0 Å². The molecule has 0 radical (unpaired) electrons. The summed E-state index contributed by atoms with van der Waals surface area (Å²) in [6.07, 6.45) is 0. The number of amides is 1. The van der Waals surface area contributed by atoms with E-state index in [1.807, 2.05) is 45.0 Å². The molecule has 1 N–H and O–H groups in total. The van der Waals surface area contributed by atoms with Crippen LogP contribution in [0.4, 0.5) is 5.69 Å². The molecule has 6 nitrogen and oxygen atoms in total. The number of ether oxygens (including phenoxy) is 1. The van der Waals surface area contributed by atoms with Crippen molar-refractivity contribution in [2.45, 2.75) is 31.7 Å². The van der Waals surface area contributed by atoms with Gasteiger partial charge in [-0.25, -0.2) is 8.42 Å². The summed E-state index contributed by atoms with van der Waals surface area (Å²) in [5.74, 6) is 0.198. The summed E-state index contributed by atoms with van der Waals surface area (Å²) >= 11 is 0. The van der Waals surface area contributed by atoms with E-state index in [0.29, 0.717) is 11.4 Å². The van der Waals surface area contributed by atoms with E-state index in [2.05, 4.69) is 5.32 Å². The molecule has 0 spiro atoms. The number of benzene rings is 3. The molecular formula is C25H28N2O4S. The van der Waals surface area contributed by atoms with Gasteiger partial charge < -0.3 is 10.1 Å². The molecule has 0 bridgehead atoms. The third-order valence-corrected chi connectivity index (χ3v) is 7.00. The predicted octanol–water partition coefficient (Wildman–Crippen LogP) is 4.38. The van der Waals surface area contributed by atoms with Gasteiger partial charge in [0.2, 0.25) is 5.91 Å². The number of carbonyl (C=O) groups excluding carboxylic acids is 1. The first-order chi connectivity index (χ1) is 15.2. The van der Waals surface area contributed by atoms with Gasteiger partial charge in [-0.1, -0.05) is 47.5 Å². The van der Waals surface area contributed by atoms with Crippen LogP contribution in [0.1, 0.15) is 29.7 Å². The molecule has 3 rings (SSSR count). The van der Waals surface area contributed by atoms with Crippen molar-refractivity contribution in [3.05, 3.63) is 89.5 Å². The Balaban J connectivity index is 1.88. The van der Waals surface area contributed by atoms with Gasteiger partial charge in [-0.2, -0.15) is 0 Å². The molecule has 0 aliphatic rings. The second kappa shape index (κ2) is 9.87. The van der Waals surface area contributed by atoms with E-state index in [9.17, 15) is 13.2 Å². The number of hydrogen-bond acceptors (Lipinski definition) is 4. The molecule has 0 aliphatic carbocycles. The number of sulfonamides is 1. The summed E-state index contributed by atoms with van der Waals surface area (Å²) in [5, 5.41) is 2.90. The Morgan fingerprint density at radius 2 is 1.44 bits per heavy atom. The van der Waals surface area contributed by atoms with E-state index in [1.54, 1.807) is 48.5 Å². The number of nitrogens with zero attached hydrogens (tertiary/aromatic N) is 1. The number of rotatable bonds is 8. The smallest absolute Gasteiger partial charge is 0.264 e. The standard InChI is InChI=1S/C25H28N2O4S/c1-18-5-9-21(10-6-18)20(3)26-25(28)17-27(22-11-13-23(31-4)14-12-22)32(29,30)24-15-7-19(2)8-16-24/h5-16,20H,17H2,1-4H3,(H,26,28)/t20-/m1/s1. The van der Waals surface area contributed by atoms with E-state index >= 15 is 0 Å². The second-order valence-corrected chi connectivity index (χ2v) is 9.58. The van der Waals surface area contributed by atoms with Gasteiger partial charge in [0.1, 0.15) is 12.3 Å². The third-order valence-electron chi connectivity index (χ3n) is 5.21. The minimum absolute atomic E-state index is 0.123. The van der Waals surface area contributed by atoms with Crippen molar-refractivity contribution < 1.29 is 17.9 Å². The number of methoxy groups -OCH3 is 1. The normalized spacial score (nSPS) is 12.1. The van der Waals surface area contributed by atoms with E-state index < -0.39 is 15.9 Å². The molecule has 0 aliphatic heterocycles. The molecule has 7 heteroatoms. The van der Waals surface area contributed by atoms with Crippen molar-refractivity contribution in [2.24, 2.45) is 0 Å². The highest BCUT2D eigenvalue weighted by molar-refractivity contribution is 7.92. The highest BCUT2D eigenvalue weighted by Gasteiger charge is 2.27. The molecule has 0 saturated heterocycles. The Morgan fingerprint density at radius 1 is 0.906 bits per heavy atom. The number of carbonyl (C=O) groups is 1. The quantitative estimate of drug-likeness (QED) is 0.550. The molecule has 168 valence electrons. The minimum atomic E-state index is -3.96. The van der Waals surface area contributed by atoms with Crippen molar-refractivity contribution in [2.75, 3.05) is 18.0 Å². The van der Waals surface area contributed by atoms with Gasteiger partial charge in [0.05, 0.1) is 23.7 Å². The van der Waals surface area contributed by atoms with E-state index in [0.717, 1.165) is 21.0 Å². The van der Waals surface area contributed by atoms with Crippen molar-refractivity contribution in [1.29, 1.82) is 0 Å². The minimum Gasteiger partial charge on any atom is -0.497 e. The summed E-state index contributed by atoms with van der Waals surface area (Å²) in [4.78, 5) is 13.0.